The van der Waals surface area contributed by atoms with Gasteiger partial charge in [-0.05, 0) is 0 Å². The maximum atomic E-state index is 11.2. The van der Waals surface area contributed by atoms with Crippen LogP contribution in [-0.2, 0) is 19.7 Å². The highest BCUT2D eigenvalue weighted by Gasteiger charge is 2.19. The Hall–Kier alpha value is -0.380. The fourth-order valence-electron chi connectivity index (χ4n) is 0.711. The maximum Gasteiger partial charge on any atom is 0.421 e. The molecule has 90 valence electrons. The average Bonchev–Trinajstić information content (AvgIpc) is 2.15. The van der Waals surface area contributed by atoms with Crippen molar-refractivity contribution in [3.63, 3.8) is 0 Å². The van der Waals surface area contributed by atoms with Crippen molar-refractivity contribution in [3.05, 3.63) is 0 Å². The molecule has 9 heteroatoms. The molecule has 0 heterocycles. The number of amides is 1. The molecule has 1 amide bonds. The molecule has 15 heavy (non-hydrogen) atoms. The number of carbonyl (C=O) groups is 1. The molecule has 7 nitrogen and oxygen atoms in total. The highest BCUT2D eigenvalue weighted by Crippen LogP contribution is 1.94. The first kappa shape index (κ1) is 14.6. The molecular weight excluding hydrogens is 292 g/mol. The minimum absolute atomic E-state index is 0.188. The van der Waals surface area contributed by atoms with Crippen LogP contribution in [0.3, 0.4) is 0 Å². The number of methoxy groups -OCH3 is 2. The number of halogens is 1. The zero-order valence-corrected chi connectivity index (χ0v) is 10.7. The molecule has 1 unspecified atom stereocenters. The van der Waals surface area contributed by atoms with Gasteiger partial charge in [-0.3, -0.25) is 0 Å². The molecule has 0 saturated heterocycles. The lowest BCUT2D eigenvalue weighted by molar-refractivity contribution is 0.175. The van der Waals surface area contributed by atoms with Gasteiger partial charge in [0.25, 0.3) is 0 Å². The van der Waals surface area contributed by atoms with E-state index in [0.29, 0.717) is 5.33 Å². The van der Waals surface area contributed by atoms with Crippen molar-refractivity contribution in [1.29, 1.82) is 0 Å². The van der Waals surface area contributed by atoms with Gasteiger partial charge in [-0.1, -0.05) is 15.9 Å². The zero-order valence-electron chi connectivity index (χ0n) is 8.32. The van der Waals surface area contributed by atoms with Crippen molar-refractivity contribution < 1.29 is 22.7 Å². The molecule has 0 aromatic rings. The molecule has 0 radical (unpaired) electrons. The van der Waals surface area contributed by atoms with Crippen LogP contribution < -0.4 is 9.44 Å². The van der Waals surface area contributed by atoms with Gasteiger partial charge >= 0.3 is 16.3 Å². The number of rotatable bonds is 6. The van der Waals surface area contributed by atoms with E-state index >= 15 is 0 Å². The van der Waals surface area contributed by atoms with E-state index in [1.807, 2.05) is 0 Å². The quantitative estimate of drug-likeness (QED) is 0.651. The van der Waals surface area contributed by atoms with Crippen LogP contribution in [0, 0.1) is 0 Å². The molecule has 0 aliphatic rings. The summed E-state index contributed by atoms with van der Waals surface area (Å²) in [6.07, 6.45) is -1.05. The predicted octanol–water partition coefficient (Wildman–Crippen LogP) is -0.413. The Morgan fingerprint density at radius 1 is 1.47 bits per heavy atom. The Morgan fingerprint density at radius 2 is 2.07 bits per heavy atom. The van der Waals surface area contributed by atoms with E-state index in [1.165, 1.54) is 7.11 Å². The highest BCUT2D eigenvalue weighted by molar-refractivity contribution is 9.09. The van der Waals surface area contributed by atoms with Gasteiger partial charge in [0, 0.05) is 12.4 Å². The predicted molar refractivity (Wildman–Crippen MR) is 57.1 cm³/mol. The Labute approximate surface area is 96.8 Å². The molecule has 0 bridgehead atoms. The maximum absolute atomic E-state index is 11.2. The summed E-state index contributed by atoms with van der Waals surface area (Å²) < 4.78 is 35.3. The van der Waals surface area contributed by atoms with Crippen LogP contribution in [0.2, 0.25) is 0 Å². The van der Waals surface area contributed by atoms with E-state index in [-0.39, 0.29) is 6.61 Å². The summed E-state index contributed by atoms with van der Waals surface area (Å²) in [5.41, 5.74) is 0. The number of nitrogens with one attached hydrogen (secondary N) is 2. The topological polar surface area (TPSA) is 93.7 Å². The highest BCUT2D eigenvalue weighted by atomic mass is 79.9. The van der Waals surface area contributed by atoms with Gasteiger partial charge < -0.3 is 9.47 Å². The fraction of sp³-hybridized carbons (Fsp3) is 0.833. The van der Waals surface area contributed by atoms with Crippen LogP contribution in [0.4, 0.5) is 4.79 Å². The number of alkyl halides is 1. The van der Waals surface area contributed by atoms with Crippen LogP contribution in [-0.4, -0.2) is 46.7 Å². The Morgan fingerprint density at radius 3 is 2.47 bits per heavy atom. The van der Waals surface area contributed by atoms with Crippen molar-refractivity contribution in [2.45, 2.75) is 6.04 Å². The molecule has 0 spiro atoms. The molecule has 1 atom stereocenters. The Bertz CT molecular complexity index is 294. The summed E-state index contributed by atoms with van der Waals surface area (Å²) in [6, 6.07) is -0.461. The Kier molecular flexibility index (Phi) is 6.81. The van der Waals surface area contributed by atoms with E-state index < -0.39 is 22.3 Å². The minimum atomic E-state index is -3.91. The third kappa shape index (κ3) is 6.66. The van der Waals surface area contributed by atoms with E-state index in [4.69, 9.17) is 4.74 Å². The molecule has 0 fully saturated rings. The lowest BCUT2D eigenvalue weighted by Crippen LogP contribution is -2.47. The summed E-state index contributed by atoms with van der Waals surface area (Å²) in [7, 11) is -1.40. The van der Waals surface area contributed by atoms with E-state index in [1.54, 1.807) is 4.72 Å². The first-order chi connectivity index (χ1) is 6.95. The third-order valence-electron chi connectivity index (χ3n) is 1.28. The summed E-state index contributed by atoms with van der Waals surface area (Å²) in [6.45, 7) is 0.188. The van der Waals surface area contributed by atoms with Crippen LogP contribution >= 0.6 is 15.9 Å². The number of carbonyl (C=O) groups excluding carboxylic acids is 1. The number of ether oxygens (including phenoxy) is 2. The molecule has 0 aliphatic carbocycles. The standard InChI is InChI=1S/C6H13BrN2O5S/c1-13-4-5(3-7)8-15(11,12)9-6(10)14-2/h5,8H,3-4H2,1-2H3,(H,9,10). The van der Waals surface area contributed by atoms with Gasteiger partial charge in [0.15, 0.2) is 0 Å². The largest absolute Gasteiger partial charge is 0.452 e. The third-order valence-corrected chi connectivity index (χ3v) is 3.14. The number of hydrogen-bond donors (Lipinski definition) is 2. The van der Waals surface area contributed by atoms with Gasteiger partial charge in [0.2, 0.25) is 0 Å². The molecule has 0 rings (SSSR count). The van der Waals surface area contributed by atoms with E-state index in [2.05, 4.69) is 25.4 Å². The lowest BCUT2D eigenvalue weighted by Gasteiger charge is -2.15. The monoisotopic (exact) mass is 304 g/mol. The van der Waals surface area contributed by atoms with Gasteiger partial charge in [0.1, 0.15) is 0 Å². The molecule has 0 aromatic carbocycles. The van der Waals surface area contributed by atoms with Gasteiger partial charge in [-0.15, -0.1) is 0 Å². The summed E-state index contributed by atoms with van der Waals surface area (Å²) in [4.78, 5) is 10.7. The Balaban J connectivity index is 4.28. The van der Waals surface area contributed by atoms with Crippen LogP contribution in [0.1, 0.15) is 0 Å². The molecular formula is C6H13BrN2O5S. The van der Waals surface area contributed by atoms with Gasteiger partial charge in [0.05, 0.1) is 19.8 Å². The summed E-state index contributed by atoms with van der Waals surface area (Å²) in [5.74, 6) is 0. The smallest absolute Gasteiger partial charge is 0.421 e. The second-order valence-corrected chi connectivity index (χ2v) is 4.62. The molecule has 0 aliphatic heterocycles. The second-order valence-electron chi connectivity index (χ2n) is 2.52. The molecule has 0 saturated carbocycles. The van der Waals surface area contributed by atoms with Crippen LogP contribution in [0.15, 0.2) is 0 Å². The molecule has 0 aromatic heterocycles. The van der Waals surface area contributed by atoms with Gasteiger partial charge in [-0.2, -0.15) is 13.1 Å². The zero-order chi connectivity index (χ0) is 11.9. The SMILES string of the molecule is COCC(CBr)NS(=O)(=O)NC(=O)OC. The average molecular weight is 305 g/mol. The fourth-order valence-corrected chi connectivity index (χ4v) is 2.23. The van der Waals surface area contributed by atoms with Crippen molar-refractivity contribution in [2.75, 3.05) is 26.2 Å². The summed E-state index contributed by atoms with van der Waals surface area (Å²) in [5, 5.41) is 0.364. The normalized spacial score (nSPS) is 13.3. The van der Waals surface area contributed by atoms with Crippen LogP contribution in [0.5, 0.6) is 0 Å². The van der Waals surface area contributed by atoms with Crippen molar-refractivity contribution in [2.24, 2.45) is 0 Å². The molecule has 2 N–H and O–H groups in total. The minimum Gasteiger partial charge on any atom is -0.452 e. The summed E-state index contributed by atoms with van der Waals surface area (Å²) >= 11 is 3.10. The van der Waals surface area contributed by atoms with E-state index in [9.17, 15) is 13.2 Å². The number of hydrogen-bond acceptors (Lipinski definition) is 5. The van der Waals surface area contributed by atoms with Crippen molar-refractivity contribution in [3.8, 4) is 0 Å². The van der Waals surface area contributed by atoms with Crippen molar-refractivity contribution in [1.82, 2.24) is 9.44 Å². The van der Waals surface area contributed by atoms with Crippen molar-refractivity contribution >= 4 is 32.2 Å². The van der Waals surface area contributed by atoms with Gasteiger partial charge in [-0.25, -0.2) is 9.52 Å². The first-order valence-corrected chi connectivity index (χ1v) is 6.48. The van der Waals surface area contributed by atoms with Crippen LogP contribution in [0.25, 0.3) is 0 Å². The van der Waals surface area contributed by atoms with E-state index in [0.717, 1.165) is 7.11 Å². The first-order valence-electron chi connectivity index (χ1n) is 3.88. The second kappa shape index (κ2) is 6.99. The lowest BCUT2D eigenvalue weighted by atomic mass is 10.4.